The van der Waals surface area contributed by atoms with Crippen molar-refractivity contribution in [3.05, 3.63) is 78.4 Å². The molecule has 0 spiro atoms. The van der Waals surface area contributed by atoms with Crippen LogP contribution in [0.1, 0.15) is 66.9 Å². The number of hydrogen-bond acceptors (Lipinski definition) is 4. The summed E-state index contributed by atoms with van der Waals surface area (Å²) in [5.41, 5.74) is 0.221. The molecule has 3 N–H and O–H groups in total. The number of carbonyl (C=O) groups excluding carboxylic acids is 2. The predicted octanol–water partition coefficient (Wildman–Crippen LogP) is 5.83. The van der Waals surface area contributed by atoms with Crippen molar-refractivity contribution in [3.63, 3.8) is 0 Å². The lowest BCUT2D eigenvalue weighted by molar-refractivity contribution is -0.137. The first kappa shape index (κ1) is 31.9. The Hall–Kier alpha value is -3.33. The lowest BCUT2D eigenvalue weighted by atomic mass is 9.80. The molecule has 0 radical (unpaired) electrons. The van der Waals surface area contributed by atoms with Crippen LogP contribution in [0.3, 0.4) is 0 Å². The number of hydrogen-bond donors (Lipinski definition) is 3. The molecule has 2 aromatic rings. The molecular weight excluding hydrogens is 505 g/mol. The van der Waals surface area contributed by atoms with E-state index in [4.69, 9.17) is 0 Å². The first-order chi connectivity index (χ1) is 18.7. The van der Waals surface area contributed by atoms with Crippen molar-refractivity contribution in [2.75, 3.05) is 32.0 Å². The summed E-state index contributed by atoms with van der Waals surface area (Å²) >= 11 is 0. The lowest BCUT2D eigenvalue weighted by Crippen LogP contribution is -2.63. The predicted molar refractivity (Wildman–Crippen MR) is 151 cm³/mol. The lowest BCUT2D eigenvalue weighted by Gasteiger charge is -2.46. The van der Waals surface area contributed by atoms with Crippen LogP contribution in [0.4, 0.5) is 18.9 Å². The molecule has 0 unspecified atom stereocenters. The number of halogens is 3. The number of amides is 2. The summed E-state index contributed by atoms with van der Waals surface area (Å²) in [5, 5.41) is 7.78. The van der Waals surface area contributed by atoms with Crippen LogP contribution in [0, 0.1) is 0 Å². The Morgan fingerprint density at radius 3 is 2.15 bits per heavy atom. The highest BCUT2D eigenvalue weighted by molar-refractivity contribution is 5.97. The van der Waals surface area contributed by atoms with Gasteiger partial charge in [-0.2, -0.15) is 13.2 Å². The summed E-state index contributed by atoms with van der Waals surface area (Å²) in [6.45, 7) is 11.3. The topological polar surface area (TPSA) is 73.5 Å². The maximum Gasteiger partial charge on any atom is 0.418 e. The average Bonchev–Trinajstić information content (AvgIpc) is 2.95. The van der Waals surface area contributed by atoms with E-state index >= 15 is 0 Å². The number of rotatable bonds is 7. The highest BCUT2D eigenvalue weighted by Crippen LogP contribution is 2.36. The molecule has 0 aromatic heterocycles. The monoisotopic (exact) mass is 546 g/mol. The summed E-state index contributed by atoms with van der Waals surface area (Å²) < 4.78 is 39.6. The standard InChI is InChI=1S/C26H31F3N4O2.C2H6.C2H4/c1-30-23-12-9-19(13-22(23)26(27,28)29)25(35)31-14-24(34)32-20-15-33(16-20)21-10-7-18(8-11-21)17-5-3-2-4-6-17;2*1-2/h2-6,9,12-13,18,20-21,30H,7-8,10-11,14-16H2,1H3,(H,31,35)(H,32,34);1-2H3;1-2H2. The minimum absolute atomic E-state index is 0.0259. The second-order valence-corrected chi connectivity index (χ2v) is 9.33. The number of carbonyl (C=O) groups is 2. The zero-order chi connectivity index (χ0) is 29.0. The SMILES string of the molecule is C=C.CC.CNc1ccc(C(=O)NCC(=O)NC2CN(C3CCC(c4ccccc4)CC3)C2)cc1C(F)(F)F. The molecule has 39 heavy (non-hydrogen) atoms. The number of benzene rings is 2. The minimum Gasteiger partial charge on any atom is -0.388 e. The smallest absolute Gasteiger partial charge is 0.388 e. The van der Waals surface area contributed by atoms with Crippen molar-refractivity contribution in [2.24, 2.45) is 0 Å². The Morgan fingerprint density at radius 2 is 1.59 bits per heavy atom. The summed E-state index contributed by atoms with van der Waals surface area (Å²) in [4.78, 5) is 27.0. The molecule has 2 aromatic carbocycles. The molecular formula is C30H41F3N4O2. The van der Waals surface area contributed by atoms with Gasteiger partial charge in [0.15, 0.2) is 0 Å². The van der Waals surface area contributed by atoms with Gasteiger partial charge in [-0.15, -0.1) is 13.2 Å². The van der Waals surface area contributed by atoms with Gasteiger partial charge < -0.3 is 16.0 Å². The zero-order valence-electron chi connectivity index (χ0n) is 23.1. The van der Waals surface area contributed by atoms with E-state index in [1.165, 1.54) is 37.6 Å². The molecule has 1 aliphatic carbocycles. The molecule has 0 atom stereocenters. The third-order valence-electron chi connectivity index (χ3n) is 7.02. The zero-order valence-corrected chi connectivity index (χ0v) is 23.1. The number of anilines is 1. The van der Waals surface area contributed by atoms with Crippen molar-refractivity contribution in [1.82, 2.24) is 15.5 Å². The Morgan fingerprint density at radius 1 is 0.974 bits per heavy atom. The maximum absolute atomic E-state index is 13.2. The third kappa shape index (κ3) is 8.85. The van der Waals surface area contributed by atoms with Crippen LogP contribution in [0.25, 0.3) is 0 Å². The average molecular weight is 547 g/mol. The Bertz CT molecular complexity index is 1050. The molecule has 2 aliphatic rings. The minimum atomic E-state index is -4.59. The van der Waals surface area contributed by atoms with Gasteiger partial charge >= 0.3 is 6.18 Å². The first-order valence-corrected chi connectivity index (χ1v) is 13.5. The van der Waals surface area contributed by atoms with E-state index in [1.54, 1.807) is 0 Å². The van der Waals surface area contributed by atoms with E-state index in [0.717, 1.165) is 32.0 Å². The van der Waals surface area contributed by atoms with E-state index in [1.807, 2.05) is 19.9 Å². The second kappa shape index (κ2) is 15.3. The van der Waals surface area contributed by atoms with Crippen molar-refractivity contribution in [1.29, 1.82) is 0 Å². The van der Waals surface area contributed by atoms with Crippen LogP contribution >= 0.6 is 0 Å². The number of likely N-dealkylation sites (tertiary alicyclic amines) is 1. The van der Waals surface area contributed by atoms with E-state index in [0.29, 0.717) is 12.0 Å². The summed E-state index contributed by atoms with van der Waals surface area (Å²) in [5.74, 6) is -0.452. The Balaban J connectivity index is 0.00000127. The van der Waals surface area contributed by atoms with Gasteiger partial charge in [-0.3, -0.25) is 14.5 Å². The second-order valence-electron chi connectivity index (χ2n) is 9.33. The summed E-state index contributed by atoms with van der Waals surface area (Å²) in [6.07, 6.45) is 0.0210. The van der Waals surface area contributed by atoms with Crippen LogP contribution < -0.4 is 16.0 Å². The molecule has 4 rings (SSSR count). The van der Waals surface area contributed by atoms with E-state index in [2.05, 4.69) is 58.3 Å². The van der Waals surface area contributed by atoms with Gasteiger partial charge in [0.2, 0.25) is 5.91 Å². The van der Waals surface area contributed by atoms with Gasteiger partial charge in [-0.05, 0) is 55.4 Å². The number of nitrogens with one attached hydrogen (secondary N) is 3. The molecule has 2 fully saturated rings. The molecule has 0 bridgehead atoms. The van der Waals surface area contributed by atoms with Crippen molar-refractivity contribution in [3.8, 4) is 0 Å². The molecule has 2 amide bonds. The normalized spacial score (nSPS) is 19.2. The third-order valence-corrected chi connectivity index (χ3v) is 7.02. The van der Waals surface area contributed by atoms with Gasteiger partial charge in [-0.1, -0.05) is 44.2 Å². The first-order valence-electron chi connectivity index (χ1n) is 13.5. The van der Waals surface area contributed by atoms with Crippen LogP contribution in [0.5, 0.6) is 0 Å². The fraction of sp³-hybridized carbons (Fsp3) is 0.467. The van der Waals surface area contributed by atoms with E-state index < -0.39 is 17.6 Å². The van der Waals surface area contributed by atoms with Gasteiger partial charge in [0.1, 0.15) is 0 Å². The molecule has 9 heteroatoms. The molecule has 1 saturated heterocycles. The van der Waals surface area contributed by atoms with Crippen LogP contribution in [0.15, 0.2) is 61.7 Å². The fourth-order valence-electron chi connectivity index (χ4n) is 5.08. The van der Waals surface area contributed by atoms with E-state index in [9.17, 15) is 22.8 Å². The molecule has 6 nitrogen and oxygen atoms in total. The molecule has 1 heterocycles. The van der Waals surface area contributed by atoms with Gasteiger partial charge in [-0.25, -0.2) is 0 Å². The highest BCUT2D eigenvalue weighted by atomic mass is 19.4. The van der Waals surface area contributed by atoms with E-state index in [-0.39, 0.29) is 29.7 Å². The Kier molecular flexibility index (Phi) is 12.5. The fourth-order valence-corrected chi connectivity index (χ4v) is 5.08. The van der Waals surface area contributed by atoms with Gasteiger partial charge in [0.25, 0.3) is 5.91 Å². The van der Waals surface area contributed by atoms with Crippen molar-refractivity contribution < 1.29 is 22.8 Å². The van der Waals surface area contributed by atoms with Crippen LogP contribution in [0.2, 0.25) is 0 Å². The summed E-state index contributed by atoms with van der Waals surface area (Å²) in [6, 6.07) is 14.5. The van der Waals surface area contributed by atoms with Crippen LogP contribution in [-0.2, 0) is 11.0 Å². The highest BCUT2D eigenvalue weighted by Gasteiger charge is 2.36. The van der Waals surface area contributed by atoms with Crippen LogP contribution in [-0.4, -0.2) is 55.5 Å². The largest absolute Gasteiger partial charge is 0.418 e. The summed E-state index contributed by atoms with van der Waals surface area (Å²) in [7, 11) is 1.38. The van der Waals surface area contributed by atoms with Gasteiger partial charge in [0, 0.05) is 37.4 Å². The maximum atomic E-state index is 13.2. The molecule has 1 saturated carbocycles. The molecule has 1 aliphatic heterocycles. The molecule has 214 valence electrons. The number of alkyl halides is 3. The van der Waals surface area contributed by atoms with Crippen molar-refractivity contribution in [2.45, 2.75) is 63.7 Å². The Labute approximate surface area is 230 Å². The van der Waals surface area contributed by atoms with Gasteiger partial charge in [0.05, 0.1) is 18.2 Å². The quantitative estimate of drug-likeness (QED) is 0.382. The number of nitrogens with zero attached hydrogens (tertiary/aromatic N) is 1. The van der Waals surface area contributed by atoms with Crippen molar-refractivity contribution >= 4 is 17.5 Å².